The molecule has 0 unspecified atom stereocenters. The van der Waals surface area contributed by atoms with E-state index >= 15 is 0 Å². The molecule has 2 N–H and O–H groups in total. The summed E-state index contributed by atoms with van der Waals surface area (Å²) < 4.78 is 10.2. The van der Waals surface area contributed by atoms with E-state index in [0.717, 1.165) is 12.8 Å². The van der Waals surface area contributed by atoms with Crippen LogP contribution in [0.4, 0.5) is 5.69 Å². The zero-order valence-corrected chi connectivity index (χ0v) is 18.3. The predicted molar refractivity (Wildman–Crippen MR) is 123 cm³/mol. The Morgan fingerprint density at radius 3 is 2.39 bits per heavy atom. The number of hydrogen-bond donors (Lipinski definition) is 2. The molecule has 8 nitrogen and oxygen atoms in total. The highest BCUT2D eigenvalue weighted by Gasteiger charge is 2.20. The molecule has 2 aromatic carbocycles. The fourth-order valence-electron chi connectivity index (χ4n) is 3.93. The van der Waals surface area contributed by atoms with Crippen LogP contribution in [0.1, 0.15) is 44.0 Å². The van der Waals surface area contributed by atoms with Gasteiger partial charge in [0, 0.05) is 31.5 Å². The number of anilines is 1. The Morgan fingerprint density at radius 1 is 0.970 bits per heavy atom. The van der Waals surface area contributed by atoms with Crippen molar-refractivity contribution in [2.24, 2.45) is 5.92 Å². The quantitative estimate of drug-likeness (QED) is 0.561. The molecule has 1 saturated heterocycles. The van der Waals surface area contributed by atoms with Gasteiger partial charge in [0.05, 0.1) is 18.4 Å². The minimum atomic E-state index is -0.478. The first-order valence-corrected chi connectivity index (χ1v) is 10.8. The van der Waals surface area contributed by atoms with Crippen molar-refractivity contribution in [1.82, 2.24) is 10.3 Å². The molecule has 2 amide bonds. The van der Waals surface area contributed by atoms with Gasteiger partial charge in [0.2, 0.25) is 0 Å². The van der Waals surface area contributed by atoms with Gasteiger partial charge in [-0.1, -0.05) is 24.3 Å². The van der Waals surface area contributed by atoms with Crippen molar-refractivity contribution in [2.75, 3.05) is 32.2 Å². The smallest absolute Gasteiger partial charge is 0.338 e. The van der Waals surface area contributed by atoms with Gasteiger partial charge in [-0.25, -0.2) is 9.78 Å². The average Bonchev–Trinajstić information content (AvgIpc) is 2.87. The van der Waals surface area contributed by atoms with E-state index in [4.69, 9.17) is 9.47 Å². The molecule has 4 rings (SSSR count). The van der Waals surface area contributed by atoms with Crippen molar-refractivity contribution in [3.8, 4) is 0 Å². The van der Waals surface area contributed by atoms with Crippen LogP contribution in [0.5, 0.6) is 0 Å². The van der Waals surface area contributed by atoms with E-state index in [-0.39, 0.29) is 11.6 Å². The van der Waals surface area contributed by atoms with Gasteiger partial charge in [-0.05, 0) is 53.8 Å². The second-order valence-electron chi connectivity index (χ2n) is 7.82. The van der Waals surface area contributed by atoms with Crippen LogP contribution in [0, 0.1) is 5.92 Å². The van der Waals surface area contributed by atoms with E-state index in [0.29, 0.717) is 53.3 Å². The highest BCUT2D eigenvalue weighted by molar-refractivity contribution is 6.17. The van der Waals surface area contributed by atoms with Gasteiger partial charge in [0.25, 0.3) is 11.8 Å². The summed E-state index contributed by atoms with van der Waals surface area (Å²) in [6.45, 7) is 1.94. The van der Waals surface area contributed by atoms with Crippen LogP contribution in [0.15, 0.2) is 54.7 Å². The van der Waals surface area contributed by atoms with E-state index in [2.05, 4.69) is 15.6 Å². The number of benzene rings is 2. The summed E-state index contributed by atoms with van der Waals surface area (Å²) >= 11 is 0. The number of carbonyl (C=O) groups excluding carboxylic acids is 3. The van der Waals surface area contributed by atoms with Crippen LogP contribution in [0.2, 0.25) is 0 Å². The lowest BCUT2D eigenvalue weighted by molar-refractivity contribution is 0.0602. The Bertz CT molecular complexity index is 1190. The molecule has 0 atom stereocenters. The standard InChI is InChI=1S/C25H25N3O5/c1-32-25(31)20-9-8-19(17-5-2-3-6-18(17)20)23(29)28-21-7-4-12-26-22(21)24(30)27-15-16-10-13-33-14-11-16/h2-9,12,16H,10-11,13-15H2,1H3,(H,27,30)(H,28,29). The molecule has 2 heterocycles. The molecule has 1 aliphatic heterocycles. The highest BCUT2D eigenvalue weighted by Crippen LogP contribution is 2.25. The van der Waals surface area contributed by atoms with Crippen molar-refractivity contribution >= 4 is 34.2 Å². The van der Waals surface area contributed by atoms with Gasteiger partial charge in [0.1, 0.15) is 0 Å². The second kappa shape index (κ2) is 10.2. The Balaban J connectivity index is 1.55. The lowest BCUT2D eigenvalue weighted by Gasteiger charge is -2.22. The molecule has 0 bridgehead atoms. The first-order chi connectivity index (χ1) is 16.1. The molecule has 0 spiro atoms. The number of fused-ring (bicyclic) bond motifs is 1. The molecule has 8 heteroatoms. The highest BCUT2D eigenvalue weighted by atomic mass is 16.5. The monoisotopic (exact) mass is 447 g/mol. The maximum Gasteiger partial charge on any atom is 0.338 e. The molecule has 0 aliphatic carbocycles. The van der Waals surface area contributed by atoms with Gasteiger partial charge in [-0.3, -0.25) is 9.59 Å². The summed E-state index contributed by atoms with van der Waals surface area (Å²) in [5.41, 5.74) is 1.20. The number of amides is 2. The third kappa shape index (κ3) is 5.01. The van der Waals surface area contributed by atoms with E-state index in [1.807, 2.05) is 0 Å². The molecule has 0 radical (unpaired) electrons. The number of esters is 1. The van der Waals surface area contributed by atoms with Crippen molar-refractivity contribution in [3.05, 3.63) is 71.5 Å². The van der Waals surface area contributed by atoms with Crippen molar-refractivity contribution in [3.63, 3.8) is 0 Å². The van der Waals surface area contributed by atoms with Crippen molar-refractivity contribution in [1.29, 1.82) is 0 Å². The minimum absolute atomic E-state index is 0.147. The minimum Gasteiger partial charge on any atom is -0.465 e. The largest absolute Gasteiger partial charge is 0.465 e. The molecule has 33 heavy (non-hydrogen) atoms. The molecule has 1 aliphatic rings. The van der Waals surface area contributed by atoms with Gasteiger partial charge in [0.15, 0.2) is 5.69 Å². The molecule has 1 fully saturated rings. The maximum absolute atomic E-state index is 13.2. The molecule has 1 aromatic heterocycles. The number of aromatic nitrogens is 1. The molecular formula is C25H25N3O5. The number of methoxy groups -OCH3 is 1. The van der Waals surface area contributed by atoms with Crippen LogP contribution in [0.25, 0.3) is 10.8 Å². The molecular weight excluding hydrogens is 422 g/mol. The Hall–Kier alpha value is -3.78. The number of nitrogens with one attached hydrogen (secondary N) is 2. The summed E-state index contributed by atoms with van der Waals surface area (Å²) in [6, 6.07) is 13.5. The first kappa shape index (κ1) is 22.4. The van der Waals surface area contributed by atoms with Crippen LogP contribution in [-0.4, -0.2) is 49.6 Å². The summed E-state index contributed by atoms with van der Waals surface area (Å²) in [7, 11) is 1.31. The third-order valence-electron chi connectivity index (χ3n) is 5.74. The second-order valence-corrected chi connectivity index (χ2v) is 7.82. The van der Waals surface area contributed by atoms with Crippen molar-refractivity contribution in [2.45, 2.75) is 12.8 Å². The molecule has 170 valence electrons. The average molecular weight is 447 g/mol. The van der Waals surface area contributed by atoms with Crippen LogP contribution >= 0.6 is 0 Å². The number of nitrogens with zero attached hydrogens (tertiary/aromatic N) is 1. The number of ether oxygens (including phenoxy) is 2. The van der Waals surface area contributed by atoms with E-state index in [1.165, 1.54) is 13.3 Å². The van der Waals surface area contributed by atoms with E-state index in [9.17, 15) is 14.4 Å². The SMILES string of the molecule is COC(=O)c1ccc(C(=O)Nc2cccnc2C(=O)NCC2CCOCC2)c2ccccc12. The van der Waals surface area contributed by atoms with Gasteiger partial charge < -0.3 is 20.1 Å². The maximum atomic E-state index is 13.2. The normalized spacial score (nSPS) is 14.0. The zero-order chi connectivity index (χ0) is 23.2. The molecule has 3 aromatic rings. The Morgan fingerprint density at radius 2 is 1.67 bits per heavy atom. The topological polar surface area (TPSA) is 107 Å². The van der Waals surface area contributed by atoms with Gasteiger partial charge in [-0.15, -0.1) is 0 Å². The van der Waals surface area contributed by atoms with E-state index in [1.54, 1.807) is 48.5 Å². The van der Waals surface area contributed by atoms with Crippen molar-refractivity contribution < 1.29 is 23.9 Å². The number of hydrogen-bond acceptors (Lipinski definition) is 6. The van der Waals surface area contributed by atoms with E-state index < -0.39 is 11.9 Å². The van der Waals surface area contributed by atoms with Gasteiger partial charge in [-0.2, -0.15) is 0 Å². The molecule has 0 saturated carbocycles. The van der Waals surface area contributed by atoms with Gasteiger partial charge >= 0.3 is 5.97 Å². The Labute approximate surface area is 191 Å². The number of rotatable bonds is 6. The number of carbonyl (C=O) groups is 3. The number of pyridine rings is 1. The fourth-order valence-corrected chi connectivity index (χ4v) is 3.93. The Kier molecular flexibility index (Phi) is 6.95. The summed E-state index contributed by atoms with van der Waals surface area (Å²) in [5, 5.41) is 6.93. The van der Waals surface area contributed by atoms with Crippen LogP contribution in [0.3, 0.4) is 0 Å². The lowest BCUT2D eigenvalue weighted by atomic mass is 9.99. The van der Waals surface area contributed by atoms with Crippen LogP contribution < -0.4 is 10.6 Å². The predicted octanol–water partition coefficient (Wildman–Crippen LogP) is 3.43. The first-order valence-electron chi connectivity index (χ1n) is 10.8. The fraction of sp³-hybridized carbons (Fsp3) is 0.280. The lowest BCUT2D eigenvalue weighted by Crippen LogP contribution is -2.33. The third-order valence-corrected chi connectivity index (χ3v) is 5.74. The van der Waals surface area contributed by atoms with Crippen LogP contribution in [-0.2, 0) is 9.47 Å². The summed E-state index contributed by atoms with van der Waals surface area (Å²) in [6.07, 6.45) is 3.32. The summed E-state index contributed by atoms with van der Waals surface area (Å²) in [4.78, 5) is 42.2. The zero-order valence-electron chi connectivity index (χ0n) is 18.3. The summed E-state index contributed by atoms with van der Waals surface area (Å²) in [5.74, 6) is -0.865.